The number of amides is 1. The lowest BCUT2D eigenvalue weighted by Gasteiger charge is -2.46. The zero-order valence-electron chi connectivity index (χ0n) is 13.3. The summed E-state index contributed by atoms with van der Waals surface area (Å²) in [6, 6.07) is 0. The highest BCUT2D eigenvalue weighted by molar-refractivity contribution is 5.78. The average Bonchev–Trinajstić information content (AvgIpc) is 2.71. The topological polar surface area (TPSA) is 23.6 Å². The molecule has 0 saturated carbocycles. The van der Waals surface area contributed by atoms with E-state index in [0.717, 1.165) is 13.1 Å². The predicted octanol–water partition coefficient (Wildman–Crippen LogP) is 2.76. The molecule has 2 rings (SSSR count). The van der Waals surface area contributed by atoms with Crippen molar-refractivity contribution in [2.24, 2.45) is 11.3 Å². The van der Waals surface area contributed by atoms with Crippen molar-refractivity contribution in [1.29, 1.82) is 0 Å². The molecule has 0 bridgehead atoms. The van der Waals surface area contributed by atoms with Crippen LogP contribution in [0.4, 0.5) is 0 Å². The van der Waals surface area contributed by atoms with Gasteiger partial charge >= 0.3 is 0 Å². The predicted molar refractivity (Wildman–Crippen MR) is 79.0 cm³/mol. The number of carbonyl (C=O) groups is 1. The van der Waals surface area contributed by atoms with Crippen LogP contribution in [0.3, 0.4) is 0 Å². The molecule has 0 aromatic rings. The van der Waals surface area contributed by atoms with Crippen LogP contribution in [-0.2, 0) is 4.79 Å². The van der Waals surface area contributed by atoms with Crippen LogP contribution in [0.5, 0.6) is 0 Å². The van der Waals surface area contributed by atoms with E-state index in [9.17, 15) is 4.79 Å². The second-order valence-corrected chi connectivity index (χ2v) is 7.86. The lowest BCUT2D eigenvalue weighted by molar-refractivity contribution is -0.134. The van der Waals surface area contributed by atoms with Gasteiger partial charge in [-0.15, -0.1) is 0 Å². The first-order chi connectivity index (χ1) is 8.73. The van der Waals surface area contributed by atoms with E-state index < -0.39 is 0 Å². The maximum Gasteiger partial charge on any atom is 0.225 e. The van der Waals surface area contributed by atoms with Crippen LogP contribution in [0.2, 0.25) is 0 Å². The molecule has 1 atom stereocenters. The molecule has 2 aliphatic rings. The van der Waals surface area contributed by atoms with E-state index in [-0.39, 0.29) is 11.5 Å². The van der Waals surface area contributed by atoms with Crippen LogP contribution >= 0.6 is 0 Å². The summed E-state index contributed by atoms with van der Waals surface area (Å²) < 4.78 is 0. The summed E-state index contributed by atoms with van der Waals surface area (Å²) in [7, 11) is 0. The minimum Gasteiger partial charge on any atom is -0.342 e. The molecule has 0 radical (unpaired) electrons. The van der Waals surface area contributed by atoms with Crippen LogP contribution < -0.4 is 0 Å². The van der Waals surface area contributed by atoms with E-state index in [1.165, 1.54) is 32.4 Å². The molecule has 0 aromatic heterocycles. The van der Waals surface area contributed by atoms with Gasteiger partial charge in [0, 0.05) is 36.5 Å². The first-order valence-corrected chi connectivity index (χ1v) is 7.77. The van der Waals surface area contributed by atoms with Crippen LogP contribution in [0, 0.1) is 11.3 Å². The summed E-state index contributed by atoms with van der Waals surface area (Å²) in [5.74, 6) is 0.474. The molecular formula is C16H30N2O. The Balaban J connectivity index is 2.03. The summed E-state index contributed by atoms with van der Waals surface area (Å²) in [5, 5.41) is 0. The van der Waals surface area contributed by atoms with Gasteiger partial charge in [-0.05, 0) is 46.6 Å². The van der Waals surface area contributed by atoms with Crippen molar-refractivity contribution in [2.75, 3.05) is 26.2 Å². The molecule has 3 heteroatoms. The minimum absolute atomic E-state index is 0.137. The fraction of sp³-hybridized carbons (Fsp3) is 0.938. The van der Waals surface area contributed by atoms with Crippen LogP contribution in [0.15, 0.2) is 0 Å². The van der Waals surface area contributed by atoms with Crippen molar-refractivity contribution in [3.8, 4) is 0 Å². The zero-order valence-corrected chi connectivity index (χ0v) is 13.3. The monoisotopic (exact) mass is 266 g/mol. The molecule has 0 aliphatic carbocycles. The fourth-order valence-corrected chi connectivity index (χ4v) is 3.60. The van der Waals surface area contributed by atoms with Crippen molar-refractivity contribution in [1.82, 2.24) is 9.80 Å². The van der Waals surface area contributed by atoms with Crippen molar-refractivity contribution < 1.29 is 4.79 Å². The number of carbonyl (C=O) groups excluding carboxylic acids is 1. The largest absolute Gasteiger partial charge is 0.342 e. The molecule has 110 valence electrons. The van der Waals surface area contributed by atoms with Crippen molar-refractivity contribution in [3.63, 3.8) is 0 Å². The van der Waals surface area contributed by atoms with Gasteiger partial charge in [0.1, 0.15) is 0 Å². The molecule has 0 aromatic carbocycles. The smallest absolute Gasteiger partial charge is 0.225 e. The lowest BCUT2D eigenvalue weighted by Crippen LogP contribution is -2.52. The Kier molecular flexibility index (Phi) is 3.97. The highest BCUT2D eigenvalue weighted by atomic mass is 16.2. The lowest BCUT2D eigenvalue weighted by atomic mass is 9.78. The molecule has 3 nitrogen and oxygen atoms in total. The van der Waals surface area contributed by atoms with Gasteiger partial charge in [-0.3, -0.25) is 9.69 Å². The van der Waals surface area contributed by atoms with Gasteiger partial charge in [0.15, 0.2) is 0 Å². The zero-order chi connectivity index (χ0) is 14.3. The molecule has 19 heavy (non-hydrogen) atoms. The summed E-state index contributed by atoms with van der Waals surface area (Å²) in [6.07, 6.45) is 3.76. The summed E-state index contributed by atoms with van der Waals surface area (Å²) in [5.41, 5.74) is 0.624. The number of hydrogen-bond donors (Lipinski definition) is 0. The van der Waals surface area contributed by atoms with Gasteiger partial charge in [-0.2, -0.15) is 0 Å². The van der Waals surface area contributed by atoms with Gasteiger partial charge in [0.2, 0.25) is 5.91 Å². The van der Waals surface area contributed by atoms with Crippen molar-refractivity contribution in [3.05, 3.63) is 0 Å². The Bertz CT molecular complexity index is 345. The van der Waals surface area contributed by atoms with Crippen molar-refractivity contribution >= 4 is 5.91 Å². The third-order valence-electron chi connectivity index (χ3n) is 4.85. The maximum atomic E-state index is 12.2. The molecule has 1 amide bonds. The quantitative estimate of drug-likeness (QED) is 0.728. The van der Waals surface area contributed by atoms with Crippen LogP contribution in [-0.4, -0.2) is 47.4 Å². The maximum absolute atomic E-state index is 12.2. The Morgan fingerprint density at radius 1 is 1.11 bits per heavy atom. The number of rotatable bonds is 1. The minimum atomic E-state index is 0.137. The normalized spacial score (nSPS) is 29.5. The molecule has 0 N–H and O–H groups in total. The van der Waals surface area contributed by atoms with E-state index in [0.29, 0.717) is 11.3 Å². The Morgan fingerprint density at radius 3 is 2.37 bits per heavy atom. The summed E-state index contributed by atoms with van der Waals surface area (Å²) in [6.45, 7) is 15.3. The third-order valence-corrected chi connectivity index (χ3v) is 4.85. The van der Waals surface area contributed by atoms with E-state index in [1.807, 2.05) is 13.8 Å². The Morgan fingerprint density at radius 2 is 1.79 bits per heavy atom. The molecule has 1 unspecified atom stereocenters. The molecule has 2 fully saturated rings. The molecule has 2 heterocycles. The number of piperidine rings is 1. The van der Waals surface area contributed by atoms with Gasteiger partial charge in [-0.1, -0.05) is 13.8 Å². The number of nitrogens with zero attached hydrogens (tertiary/aromatic N) is 2. The highest BCUT2D eigenvalue weighted by Crippen LogP contribution is 2.41. The SMILES string of the molecule is CC(C)C(=O)N1CCC2(CCCN(C(C)(C)C)C2)C1. The van der Waals surface area contributed by atoms with Gasteiger partial charge in [-0.25, -0.2) is 0 Å². The van der Waals surface area contributed by atoms with E-state index in [1.54, 1.807) is 0 Å². The highest BCUT2D eigenvalue weighted by Gasteiger charge is 2.44. The van der Waals surface area contributed by atoms with Crippen LogP contribution in [0.25, 0.3) is 0 Å². The molecule has 2 aliphatic heterocycles. The standard InChI is InChI=1S/C16H30N2O/c1-13(2)14(19)17-10-8-16(11-17)7-6-9-18(12-16)15(3,4)5/h13H,6-12H2,1-5H3. The van der Waals surface area contributed by atoms with E-state index in [4.69, 9.17) is 0 Å². The van der Waals surface area contributed by atoms with Gasteiger partial charge in [0.05, 0.1) is 0 Å². The van der Waals surface area contributed by atoms with E-state index in [2.05, 4.69) is 30.6 Å². The Hall–Kier alpha value is -0.570. The average molecular weight is 266 g/mol. The number of hydrogen-bond acceptors (Lipinski definition) is 2. The number of likely N-dealkylation sites (tertiary alicyclic amines) is 2. The third kappa shape index (κ3) is 3.13. The first-order valence-electron chi connectivity index (χ1n) is 7.77. The second-order valence-electron chi connectivity index (χ2n) is 7.86. The Labute approximate surface area is 118 Å². The van der Waals surface area contributed by atoms with Gasteiger partial charge in [0.25, 0.3) is 0 Å². The van der Waals surface area contributed by atoms with E-state index >= 15 is 0 Å². The second kappa shape index (κ2) is 5.08. The van der Waals surface area contributed by atoms with Crippen LogP contribution in [0.1, 0.15) is 53.9 Å². The molecule has 1 spiro atoms. The fourth-order valence-electron chi connectivity index (χ4n) is 3.60. The molecule has 2 saturated heterocycles. The molecular weight excluding hydrogens is 236 g/mol. The van der Waals surface area contributed by atoms with Gasteiger partial charge < -0.3 is 4.90 Å². The first kappa shape index (κ1) is 14.8. The van der Waals surface area contributed by atoms with Crippen molar-refractivity contribution in [2.45, 2.75) is 59.4 Å². The summed E-state index contributed by atoms with van der Waals surface area (Å²) >= 11 is 0. The summed E-state index contributed by atoms with van der Waals surface area (Å²) in [4.78, 5) is 16.9.